The van der Waals surface area contributed by atoms with E-state index in [2.05, 4.69) is 16.5 Å². The fraction of sp³-hybridized carbons (Fsp3) is 0.455. The van der Waals surface area contributed by atoms with Crippen LogP contribution in [0.15, 0.2) is 27.5 Å². The lowest BCUT2D eigenvalue weighted by molar-refractivity contribution is 0.519. The first-order chi connectivity index (χ1) is 7.83. The fourth-order valence-electron chi connectivity index (χ4n) is 2.69. The first-order valence-corrected chi connectivity index (χ1v) is 5.81. The van der Waals surface area contributed by atoms with Crippen LogP contribution in [-0.2, 0) is 12.8 Å². The highest BCUT2D eigenvalue weighted by Crippen LogP contribution is 2.46. The summed E-state index contributed by atoms with van der Waals surface area (Å²) in [7, 11) is 0. The maximum atomic E-state index is 9.26. The van der Waals surface area contributed by atoms with Crippen molar-refractivity contribution in [2.24, 2.45) is 10.9 Å². The highest BCUT2D eigenvalue weighted by atomic mass is 32.1. The van der Waals surface area contributed by atoms with Gasteiger partial charge in [0.05, 0.1) is 17.5 Å². The number of aliphatic imine (C=N–C) groups is 1. The van der Waals surface area contributed by atoms with Crippen LogP contribution in [0.4, 0.5) is 0 Å². The topological polar surface area (TPSA) is 51.4 Å². The summed E-state index contributed by atoms with van der Waals surface area (Å²) < 4.78 is 1.57. The summed E-state index contributed by atoms with van der Waals surface area (Å²) in [6.45, 7) is 0. The Kier molecular flexibility index (Phi) is 2.18. The quantitative estimate of drug-likeness (QED) is 0.642. The van der Waals surface area contributed by atoms with Gasteiger partial charge in [0.15, 0.2) is 0 Å². The molecule has 16 heavy (non-hydrogen) atoms. The number of nitrogens with one attached hydrogen (secondary N) is 1. The van der Waals surface area contributed by atoms with Gasteiger partial charge < -0.3 is 22.7 Å². The Morgan fingerprint density at radius 1 is 1.50 bits per heavy atom. The van der Waals surface area contributed by atoms with E-state index in [1.54, 1.807) is 10.8 Å². The van der Waals surface area contributed by atoms with Crippen molar-refractivity contribution in [3.8, 4) is 6.07 Å². The molecule has 0 saturated heterocycles. The summed E-state index contributed by atoms with van der Waals surface area (Å²) in [5.41, 5.74) is 7.18. The largest absolute Gasteiger partial charge is 0.640 e. The second kappa shape index (κ2) is 3.56. The van der Waals surface area contributed by atoms with Crippen LogP contribution in [0.3, 0.4) is 0 Å². The molecule has 5 heteroatoms. The Morgan fingerprint density at radius 2 is 2.31 bits per heavy atom. The number of fused-ring (bicyclic) bond motifs is 1. The molecular weight excluding hydrogens is 220 g/mol. The van der Waals surface area contributed by atoms with Gasteiger partial charge in [-0.3, -0.25) is 0 Å². The smallest absolute Gasteiger partial charge is 0.112 e. The molecule has 1 aliphatic heterocycles. The minimum absolute atomic E-state index is 0.172. The highest BCUT2D eigenvalue weighted by Gasteiger charge is 2.36. The SMILES string of the molecule is N#CC1C2=C(CCCC2)C2=C1N=CNN2[S-]. The van der Waals surface area contributed by atoms with Gasteiger partial charge in [0, 0.05) is 0 Å². The molecule has 0 spiro atoms. The molecule has 0 radical (unpaired) electrons. The molecule has 0 aromatic carbocycles. The Balaban J connectivity index is 2.13. The Morgan fingerprint density at radius 3 is 3.12 bits per heavy atom. The molecule has 82 valence electrons. The second-order valence-corrected chi connectivity index (χ2v) is 4.55. The maximum Gasteiger partial charge on any atom is 0.112 e. The van der Waals surface area contributed by atoms with Crippen LogP contribution in [0.2, 0.25) is 0 Å². The lowest BCUT2D eigenvalue weighted by Crippen LogP contribution is -2.34. The molecule has 1 unspecified atom stereocenters. The van der Waals surface area contributed by atoms with Crippen LogP contribution in [-0.4, -0.2) is 10.8 Å². The van der Waals surface area contributed by atoms with Gasteiger partial charge in [-0.25, -0.2) is 4.99 Å². The third-order valence-electron chi connectivity index (χ3n) is 3.37. The third kappa shape index (κ3) is 1.20. The molecule has 3 aliphatic rings. The molecule has 1 heterocycles. The minimum atomic E-state index is -0.172. The minimum Gasteiger partial charge on any atom is -0.640 e. The molecule has 2 aliphatic carbocycles. The van der Waals surface area contributed by atoms with Crippen molar-refractivity contribution in [3.63, 3.8) is 0 Å². The van der Waals surface area contributed by atoms with E-state index in [9.17, 15) is 5.26 Å². The van der Waals surface area contributed by atoms with Crippen LogP contribution in [0.5, 0.6) is 0 Å². The van der Waals surface area contributed by atoms with E-state index in [1.165, 1.54) is 24.0 Å². The van der Waals surface area contributed by atoms with Crippen molar-refractivity contribution >= 4 is 19.2 Å². The standard InChI is InChI=1S/C11H11N4S/c12-5-9-7-3-1-2-4-8(7)11-10(9)13-6-14-15(11)16/h6,9H,1-4H2,(H,13,14)/q-1. The number of hydrazine groups is 1. The Hall–Kier alpha value is -1.41. The van der Waals surface area contributed by atoms with Crippen molar-refractivity contribution in [2.75, 3.05) is 0 Å². The molecule has 0 saturated carbocycles. The normalized spacial score (nSPS) is 27.5. The molecule has 0 aromatic heterocycles. The second-order valence-electron chi connectivity index (χ2n) is 4.19. The predicted octanol–water partition coefficient (Wildman–Crippen LogP) is 1.53. The van der Waals surface area contributed by atoms with Gasteiger partial charge in [-0.05, 0) is 36.8 Å². The zero-order chi connectivity index (χ0) is 11.1. The van der Waals surface area contributed by atoms with E-state index in [0.717, 1.165) is 24.2 Å². The van der Waals surface area contributed by atoms with Crippen LogP contribution in [0.25, 0.3) is 0 Å². The molecule has 0 aromatic rings. The summed E-state index contributed by atoms with van der Waals surface area (Å²) in [6, 6.07) is 2.35. The average Bonchev–Trinajstić information content (AvgIpc) is 2.64. The van der Waals surface area contributed by atoms with Crippen molar-refractivity contribution in [1.29, 1.82) is 5.26 Å². The molecule has 4 nitrogen and oxygen atoms in total. The number of nitriles is 1. The van der Waals surface area contributed by atoms with Crippen LogP contribution < -0.4 is 5.43 Å². The van der Waals surface area contributed by atoms with Crippen LogP contribution in [0, 0.1) is 17.2 Å². The van der Waals surface area contributed by atoms with Crippen molar-refractivity contribution in [1.82, 2.24) is 9.84 Å². The molecule has 1 N–H and O–H groups in total. The molecule has 0 fully saturated rings. The maximum absolute atomic E-state index is 9.26. The van der Waals surface area contributed by atoms with Gasteiger partial charge in [-0.1, -0.05) is 0 Å². The highest BCUT2D eigenvalue weighted by molar-refractivity contribution is 7.56. The lowest BCUT2D eigenvalue weighted by Gasteiger charge is -2.36. The summed E-state index contributed by atoms with van der Waals surface area (Å²) >= 11 is 5.23. The van der Waals surface area contributed by atoms with Crippen LogP contribution in [0.1, 0.15) is 25.7 Å². The number of nitrogens with zero attached hydrogens (tertiary/aromatic N) is 3. The predicted molar refractivity (Wildman–Crippen MR) is 62.5 cm³/mol. The summed E-state index contributed by atoms with van der Waals surface area (Å²) in [5, 5.41) is 9.26. The molecular formula is C11H11N4S-. The van der Waals surface area contributed by atoms with E-state index >= 15 is 0 Å². The lowest BCUT2D eigenvalue weighted by atomic mass is 9.88. The molecule has 0 bridgehead atoms. The van der Waals surface area contributed by atoms with Crippen molar-refractivity contribution in [3.05, 3.63) is 22.5 Å². The van der Waals surface area contributed by atoms with Crippen LogP contribution >= 0.6 is 0 Å². The number of allylic oxidation sites excluding steroid dienone is 2. The van der Waals surface area contributed by atoms with Gasteiger partial charge >= 0.3 is 0 Å². The first-order valence-electron chi connectivity index (χ1n) is 5.45. The van der Waals surface area contributed by atoms with Gasteiger partial charge in [-0.15, -0.1) is 0 Å². The zero-order valence-electron chi connectivity index (χ0n) is 8.73. The van der Waals surface area contributed by atoms with Crippen molar-refractivity contribution < 1.29 is 0 Å². The number of hydrogen-bond acceptors (Lipinski definition) is 5. The van der Waals surface area contributed by atoms with Gasteiger partial charge in [0.25, 0.3) is 0 Å². The Bertz CT molecular complexity index is 469. The summed E-state index contributed by atoms with van der Waals surface area (Å²) in [6.07, 6.45) is 5.96. The number of rotatable bonds is 0. The van der Waals surface area contributed by atoms with E-state index in [0.29, 0.717) is 0 Å². The zero-order valence-corrected chi connectivity index (χ0v) is 9.55. The Labute approximate surface area is 99.9 Å². The van der Waals surface area contributed by atoms with Gasteiger partial charge in [0.1, 0.15) is 12.3 Å². The summed E-state index contributed by atoms with van der Waals surface area (Å²) in [4.78, 5) is 4.29. The van der Waals surface area contributed by atoms with E-state index in [-0.39, 0.29) is 5.92 Å². The first kappa shape index (κ1) is 9.79. The average molecular weight is 231 g/mol. The van der Waals surface area contributed by atoms with E-state index in [1.807, 2.05) is 0 Å². The molecule has 0 amide bonds. The van der Waals surface area contributed by atoms with Crippen molar-refractivity contribution in [2.45, 2.75) is 25.7 Å². The van der Waals surface area contributed by atoms with Gasteiger partial charge in [-0.2, -0.15) is 5.26 Å². The van der Waals surface area contributed by atoms with Gasteiger partial charge in [0.2, 0.25) is 0 Å². The van der Waals surface area contributed by atoms with E-state index < -0.39 is 0 Å². The molecule has 1 atom stereocenters. The molecule has 3 rings (SSSR count). The fourth-order valence-corrected chi connectivity index (χ4v) is 2.94. The number of hydrogen-bond donors (Lipinski definition) is 1. The third-order valence-corrected chi connectivity index (χ3v) is 3.66. The van der Waals surface area contributed by atoms with E-state index in [4.69, 9.17) is 12.8 Å². The summed E-state index contributed by atoms with van der Waals surface area (Å²) in [5.74, 6) is -0.172. The monoisotopic (exact) mass is 231 g/mol.